The van der Waals surface area contributed by atoms with Gasteiger partial charge < -0.3 is 5.73 Å². The Bertz CT molecular complexity index is 605. The maximum absolute atomic E-state index is 9.19. The van der Waals surface area contributed by atoms with E-state index in [0.29, 0.717) is 0 Å². The zero-order valence-corrected chi connectivity index (χ0v) is 13.6. The Morgan fingerprint density at radius 2 is 0.727 bits per heavy atom. The molecule has 132 valence electrons. The maximum Gasteiger partial charge on any atom is 0.271 e. The fourth-order valence-corrected chi connectivity index (χ4v) is 0.453. The molecule has 0 saturated heterocycles. The summed E-state index contributed by atoms with van der Waals surface area (Å²) >= 11 is 0. The van der Waals surface area contributed by atoms with Crippen molar-refractivity contribution in [3.05, 3.63) is 30.3 Å². The second kappa shape index (κ2) is 11.2. The van der Waals surface area contributed by atoms with E-state index in [1.54, 1.807) is 0 Å². The summed E-state index contributed by atoms with van der Waals surface area (Å²) in [5, 5.41) is 24.6. The molecule has 0 bridgehead atoms. The molecule has 0 unspecified atom stereocenters. The van der Waals surface area contributed by atoms with E-state index in [2.05, 4.69) is 30.8 Å². The van der Waals surface area contributed by atoms with Crippen LogP contribution in [-0.4, -0.2) is 25.3 Å². The van der Waals surface area contributed by atoms with Gasteiger partial charge in [-0.25, -0.2) is 30.8 Å². The third-order valence-corrected chi connectivity index (χ3v) is 0.800. The second-order valence-corrected chi connectivity index (χ2v) is 6.71. The number of benzene rings is 1. The van der Waals surface area contributed by atoms with Crippen molar-refractivity contribution >= 4 is 36.3 Å². The minimum atomic E-state index is -3.67. The van der Waals surface area contributed by atoms with Crippen LogP contribution < -0.4 is 36.6 Å². The van der Waals surface area contributed by atoms with Gasteiger partial charge in [0.05, 0.1) is 0 Å². The Morgan fingerprint density at radius 3 is 0.818 bits per heavy atom. The smallest absolute Gasteiger partial charge is 0.271 e. The summed E-state index contributed by atoms with van der Waals surface area (Å²) in [5.74, 6) is 0. The van der Waals surface area contributed by atoms with E-state index >= 15 is 0 Å². The zero-order valence-electron chi connectivity index (χ0n) is 11.1. The first kappa shape index (κ1) is 25.6. The van der Waals surface area contributed by atoms with Gasteiger partial charge in [0.2, 0.25) is 0 Å². The minimum Gasteiger partial charge on any atom is -0.399 e. The van der Waals surface area contributed by atoms with Crippen molar-refractivity contribution in [2.24, 2.45) is 30.8 Å². The molecule has 1 aromatic carbocycles. The molecule has 14 N–H and O–H groups in total. The predicted molar refractivity (Wildman–Crippen MR) is 82.7 cm³/mol. The lowest BCUT2D eigenvalue weighted by atomic mass is 10.3. The highest BCUT2D eigenvalue weighted by Gasteiger charge is 1.79. The van der Waals surface area contributed by atoms with Crippen LogP contribution in [-0.2, 0) is 30.6 Å². The standard InChI is InChI=1S/C6H7N.3H4N2O2S/c7-6-4-2-1-3-5-6;3*1-5(2,3)4/h1-5H,7H2;3*(H4,1,2,3,4). The van der Waals surface area contributed by atoms with Crippen LogP contribution in [0.5, 0.6) is 0 Å². The van der Waals surface area contributed by atoms with E-state index in [4.69, 9.17) is 5.73 Å². The molecule has 13 nitrogen and oxygen atoms in total. The molecule has 0 heterocycles. The third kappa shape index (κ3) is 132. The Kier molecular flexibility index (Phi) is 13.1. The quantitative estimate of drug-likeness (QED) is 0.217. The molecular formula is C6H19N7O6S3. The highest BCUT2D eigenvalue weighted by molar-refractivity contribution is 7.87. The molecule has 0 aliphatic rings. The average Bonchev–Trinajstić information content (AvgIpc) is 2.09. The van der Waals surface area contributed by atoms with Crippen molar-refractivity contribution in [2.45, 2.75) is 0 Å². The summed E-state index contributed by atoms with van der Waals surface area (Å²) in [6.45, 7) is 0. The van der Waals surface area contributed by atoms with Crippen molar-refractivity contribution < 1.29 is 25.3 Å². The number of nitrogens with two attached hydrogens (primary N) is 7. The Balaban J connectivity index is -0.000000223. The largest absolute Gasteiger partial charge is 0.399 e. The van der Waals surface area contributed by atoms with Crippen molar-refractivity contribution in [3.63, 3.8) is 0 Å². The van der Waals surface area contributed by atoms with Crippen molar-refractivity contribution in [1.29, 1.82) is 0 Å². The molecule has 0 spiro atoms. The lowest BCUT2D eigenvalue weighted by Crippen LogP contribution is -2.21. The van der Waals surface area contributed by atoms with Crippen LogP contribution in [0.4, 0.5) is 5.69 Å². The molecule has 0 aliphatic heterocycles. The van der Waals surface area contributed by atoms with Gasteiger partial charge in [-0.1, -0.05) is 18.2 Å². The Labute approximate surface area is 129 Å². The van der Waals surface area contributed by atoms with Crippen molar-refractivity contribution in [1.82, 2.24) is 0 Å². The first-order valence-corrected chi connectivity index (χ1v) is 9.44. The molecular weight excluding hydrogens is 362 g/mol. The second-order valence-electron chi connectivity index (χ2n) is 3.18. The number of para-hydroxylation sites is 1. The molecule has 0 radical (unpaired) electrons. The number of rotatable bonds is 0. The van der Waals surface area contributed by atoms with E-state index in [1.165, 1.54) is 0 Å². The summed E-state index contributed by atoms with van der Waals surface area (Å²) < 4.78 is 55.1. The average molecular weight is 381 g/mol. The van der Waals surface area contributed by atoms with Gasteiger partial charge in [-0.2, -0.15) is 25.3 Å². The Hall–Kier alpha value is -1.37. The van der Waals surface area contributed by atoms with E-state index in [1.807, 2.05) is 30.3 Å². The molecule has 16 heteroatoms. The summed E-state index contributed by atoms with van der Waals surface area (Å²) in [6, 6.07) is 9.49. The van der Waals surface area contributed by atoms with Crippen LogP contribution in [0.2, 0.25) is 0 Å². The van der Waals surface area contributed by atoms with E-state index in [-0.39, 0.29) is 0 Å². The highest BCUT2D eigenvalue weighted by Crippen LogP contribution is 1.95. The van der Waals surface area contributed by atoms with Gasteiger partial charge in [0.1, 0.15) is 0 Å². The van der Waals surface area contributed by atoms with Crippen LogP contribution >= 0.6 is 0 Å². The van der Waals surface area contributed by atoms with Crippen LogP contribution in [0.25, 0.3) is 0 Å². The SMILES string of the molecule is NS(N)(=O)=O.NS(N)(=O)=O.NS(N)(=O)=O.Nc1ccccc1. The molecule has 0 amide bonds. The van der Waals surface area contributed by atoms with Crippen molar-refractivity contribution in [3.8, 4) is 0 Å². The van der Waals surface area contributed by atoms with Gasteiger partial charge in [0.25, 0.3) is 30.6 Å². The molecule has 0 aliphatic carbocycles. The lowest BCUT2D eigenvalue weighted by Gasteiger charge is -1.83. The van der Waals surface area contributed by atoms with Crippen LogP contribution in [0, 0.1) is 0 Å². The van der Waals surface area contributed by atoms with E-state index in [9.17, 15) is 25.3 Å². The summed E-state index contributed by atoms with van der Waals surface area (Å²) in [7, 11) is -11.0. The maximum atomic E-state index is 9.19. The van der Waals surface area contributed by atoms with Gasteiger partial charge >= 0.3 is 0 Å². The van der Waals surface area contributed by atoms with Gasteiger partial charge in [-0.3, -0.25) is 0 Å². The van der Waals surface area contributed by atoms with Gasteiger partial charge in [-0.15, -0.1) is 0 Å². The van der Waals surface area contributed by atoms with Gasteiger partial charge in [0, 0.05) is 5.69 Å². The molecule has 0 aromatic heterocycles. The minimum absolute atomic E-state index is 0.822. The van der Waals surface area contributed by atoms with Crippen LogP contribution in [0.15, 0.2) is 30.3 Å². The lowest BCUT2D eigenvalue weighted by molar-refractivity contribution is 0.597. The van der Waals surface area contributed by atoms with E-state index in [0.717, 1.165) is 5.69 Å². The fourth-order valence-electron chi connectivity index (χ4n) is 0.453. The van der Waals surface area contributed by atoms with Crippen molar-refractivity contribution in [2.75, 3.05) is 5.73 Å². The number of hydrogen-bond acceptors (Lipinski definition) is 7. The monoisotopic (exact) mass is 381 g/mol. The first-order chi connectivity index (χ1) is 9.39. The number of nitrogen functional groups attached to an aromatic ring is 1. The first-order valence-electron chi connectivity index (χ1n) is 4.61. The number of anilines is 1. The molecule has 22 heavy (non-hydrogen) atoms. The third-order valence-electron chi connectivity index (χ3n) is 0.800. The number of hydrogen-bond donors (Lipinski definition) is 7. The fraction of sp³-hybridized carbons (Fsp3) is 0. The summed E-state index contributed by atoms with van der Waals surface area (Å²) in [6.07, 6.45) is 0. The van der Waals surface area contributed by atoms with Gasteiger partial charge in [0.15, 0.2) is 0 Å². The molecule has 0 fully saturated rings. The topological polar surface area (TPSA) is 285 Å². The molecule has 1 aromatic rings. The molecule has 0 atom stereocenters. The molecule has 0 saturated carbocycles. The van der Waals surface area contributed by atoms with E-state index < -0.39 is 30.6 Å². The normalized spacial score (nSPS) is 10.6. The predicted octanol–water partition coefficient (Wildman–Crippen LogP) is -4.29. The van der Waals surface area contributed by atoms with Gasteiger partial charge in [-0.05, 0) is 12.1 Å². The molecule has 1 rings (SSSR count). The van der Waals surface area contributed by atoms with Crippen LogP contribution in [0.1, 0.15) is 0 Å². The van der Waals surface area contributed by atoms with Crippen LogP contribution in [0.3, 0.4) is 0 Å². The zero-order chi connectivity index (χ0) is 18.6. The summed E-state index contributed by atoms with van der Waals surface area (Å²) in [4.78, 5) is 0. The summed E-state index contributed by atoms with van der Waals surface area (Å²) in [5.41, 5.74) is 6.18. The highest BCUT2D eigenvalue weighted by atomic mass is 32.2. The Morgan fingerprint density at radius 1 is 0.545 bits per heavy atom.